The Hall–Kier alpha value is -1.39. The van der Waals surface area contributed by atoms with E-state index in [9.17, 15) is 9.90 Å². The van der Waals surface area contributed by atoms with E-state index >= 15 is 0 Å². The minimum absolute atomic E-state index is 0.0677. The molecule has 0 saturated heterocycles. The maximum absolute atomic E-state index is 12.0. The third kappa shape index (κ3) is 4.33. The van der Waals surface area contributed by atoms with Crippen LogP contribution in [0.25, 0.3) is 0 Å². The van der Waals surface area contributed by atoms with Crippen LogP contribution in [-0.2, 0) is 11.2 Å². The van der Waals surface area contributed by atoms with Crippen molar-refractivity contribution in [3.05, 3.63) is 35.9 Å². The summed E-state index contributed by atoms with van der Waals surface area (Å²) >= 11 is 0. The molecule has 19 heavy (non-hydrogen) atoms. The molecule has 4 N–H and O–H groups in total. The van der Waals surface area contributed by atoms with Crippen LogP contribution in [0.5, 0.6) is 0 Å². The predicted molar refractivity (Wildman–Crippen MR) is 74.5 cm³/mol. The summed E-state index contributed by atoms with van der Waals surface area (Å²) in [6, 6.07) is 9.31. The Morgan fingerprint density at radius 2 is 2.11 bits per heavy atom. The third-order valence-corrected chi connectivity index (χ3v) is 3.63. The van der Waals surface area contributed by atoms with E-state index in [1.54, 1.807) is 0 Å². The van der Waals surface area contributed by atoms with Crippen LogP contribution in [0.15, 0.2) is 30.3 Å². The second kappa shape index (κ2) is 6.68. The van der Waals surface area contributed by atoms with Gasteiger partial charge in [0, 0.05) is 6.04 Å². The maximum atomic E-state index is 12.0. The van der Waals surface area contributed by atoms with E-state index in [0.29, 0.717) is 12.8 Å². The fourth-order valence-electron chi connectivity index (χ4n) is 2.56. The van der Waals surface area contributed by atoms with Gasteiger partial charge in [-0.1, -0.05) is 30.3 Å². The second-order valence-corrected chi connectivity index (χ2v) is 5.32. The number of aliphatic hydroxyl groups is 1. The molecule has 0 aromatic heterocycles. The number of nitrogens with two attached hydrogens (primary N) is 1. The van der Waals surface area contributed by atoms with Crippen LogP contribution in [0.4, 0.5) is 0 Å². The zero-order valence-corrected chi connectivity index (χ0v) is 11.1. The highest BCUT2D eigenvalue weighted by atomic mass is 16.3. The van der Waals surface area contributed by atoms with Crippen molar-refractivity contribution in [1.82, 2.24) is 5.32 Å². The molecule has 0 heterocycles. The van der Waals surface area contributed by atoms with Crippen molar-refractivity contribution in [2.45, 2.75) is 50.3 Å². The van der Waals surface area contributed by atoms with Gasteiger partial charge in [0.05, 0.1) is 12.1 Å². The van der Waals surface area contributed by atoms with Gasteiger partial charge in [-0.05, 0) is 37.7 Å². The van der Waals surface area contributed by atoms with Crippen molar-refractivity contribution in [1.29, 1.82) is 0 Å². The van der Waals surface area contributed by atoms with Gasteiger partial charge in [0.25, 0.3) is 0 Å². The number of carbonyl (C=O) groups excluding carboxylic acids is 1. The summed E-state index contributed by atoms with van der Waals surface area (Å²) in [7, 11) is 0. The Kier molecular flexibility index (Phi) is 4.93. The lowest BCUT2D eigenvalue weighted by Gasteiger charge is -2.27. The molecule has 1 aromatic rings. The van der Waals surface area contributed by atoms with E-state index in [1.165, 1.54) is 0 Å². The average Bonchev–Trinajstić information content (AvgIpc) is 2.40. The first-order valence-corrected chi connectivity index (χ1v) is 6.93. The van der Waals surface area contributed by atoms with Gasteiger partial charge in [-0.2, -0.15) is 0 Å². The van der Waals surface area contributed by atoms with Gasteiger partial charge in [0.15, 0.2) is 0 Å². The monoisotopic (exact) mass is 262 g/mol. The molecule has 104 valence electrons. The SMILES string of the molecule is N[C@H](Cc1ccccc1)C(=O)NC1CCCC(O)C1. The normalized spacial score (nSPS) is 24.7. The second-order valence-electron chi connectivity index (χ2n) is 5.32. The zero-order chi connectivity index (χ0) is 13.7. The molecule has 1 amide bonds. The number of aliphatic hydroxyl groups excluding tert-OH is 1. The lowest BCUT2D eigenvalue weighted by molar-refractivity contribution is -0.123. The zero-order valence-electron chi connectivity index (χ0n) is 11.1. The molecule has 1 aliphatic carbocycles. The molecular formula is C15H22N2O2. The van der Waals surface area contributed by atoms with Crippen LogP contribution >= 0.6 is 0 Å². The summed E-state index contributed by atoms with van der Waals surface area (Å²) in [5.41, 5.74) is 6.99. The molecule has 4 nitrogen and oxygen atoms in total. The summed E-state index contributed by atoms with van der Waals surface area (Å²) in [6.45, 7) is 0. The minimum atomic E-state index is -0.526. The van der Waals surface area contributed by atoms with Gasteiger partial charge in [-0.15, -0.1) is 0 Å². The summed E-state index contributed by atoms with van der Waals surface area (Å²) in [5.74, 6) is -0.122. The lowest BCUT2D eigenvalue weighted by atomic mass is 9.92. The highest BCUT2D eigenvalue weighted by Gasteiger charge is 2.23. The van der Waals surface area contributed by atoms with Crippen LogP contribution in [0.3, 0.4) is 0 Å². The molecule has 0 spiro atoms. The number of benzene rings is 1. The summed E-state index contributed by atoms with van der Waals surface area (Å²) in [4.78, 5) is 12.0. The predicted octanol–water partition coefficient (Wildman–Crippen LogP) is 0.976. The molecule has 1 fully saturated rings. The summed E-state index contributed by atoms with van der Waals surface area (Å²) in [6.07, 6.45) is 3.62. The highest BCUT2D eigenvalue weighted by molar-refractivity contribution is 5.82. The van der Waals surface area contributed by atoms with Gasteiger partial charge in [-0.3, -0.25) is 4.79 Å². The molecule has 2 rings (SSSR count). The first-order valence-electron chi connectivity index (χ1n) is 6.93. The van der Waals surface area contributed by atoms with E-state index in [1.807, 2.05) is 30.3 Å². The fourth-order valence-corrected chi connectivity index (χ4v) is 2.56. The highest BCUT2D eigenvalue weighted by Crippen LogP contribution is 2.18. The molecule has 3 atom stereocenters. The Bertz CT molecular complexity index is 408. The Labute approximate surface area is 114 Å². The first kappa shape index (κ1) is 14.0. The molecule has 1 aromatic carbocycles. The standard InChI is InChI=1S/C15H22N2O2/c16-14(9-11-5-2-1-3-6-11)15(19)17-12-7-4-8-13(18)10-12/h1-3,5-6,12-14,18H,4,7-10,16H2,(H,17,19)/t12?,13?,14-/m1/s1. The van der Waals surface area contributed by atoms with Crippen LogP contribution in [-0.4, -0.2) is 29.2 Å². The number of nitrogens with one attached hydrogen (secondary N) is 1. The molecule has 2 unspecified atom stereocenters. The van der Waals surface area contributed by atoms with Crippen LogP contribution in [0, 0.1) is 0 Å². The molecule has 1 saturated carbocycles. The fraction of sp³-hybridized carbons (Fsp3) is 0.533. The number of carbonyl (C=O) groups is 1. The lowest BCUT2D eigenvalue weighted by Crippen LogP contribution is -2.48. The van der Waals surface area contributed by atoms with E-state index in [4.69, 9.17) is 5.73 Å². The van der Waals surface area contributed by atoms with Crippen molar-refractivity contribution in [2.24, 2.45) is 5.73 Å². The van der Waals surface area contributed by atoms with Gasteiger partial charge in [-0.25, -0.2) is 0 Å². The first-order chi connectivity index (χ1) is 9.15. The molecule has 1 aliphatic rings. The van der Waals surface area contributed by atoms with Crippen molar-refractivity contribution in [3.8, 4) is 0 Å². The van der Waals surface area contributed by atoms with Crippen molar-refractivity contribution in [3.63, 3.8) is 0 Å². The third-order valence-electron chi connectivity index (χ3n) is 3.63. The van der Waals surface area contributed by atoms with E-state index in [-0.39, 0.29) is 18.1 Å². The van der Waals surface area contributed by atoms with Crippen molar-refractivity contribution in [2.75, 3.05) is 0 Å². The Balaban J connectivity index is 1.82. The van der Waals surface area contributed by atoms with Gasteiger partial charge >= 0.3 is 0 Å². The van der Waals surface area contributed by atoms with E-state index in [0.717, 1.165) is 24.8 Å². The minimum Gasteiger partial charge on any atom is -0.393 e. The van der Waals surface area contributed by atoms with Gasteiger partial charge in [0.1, 0.15) is 0 Å². The van der Waals surface area contributed by atoms with Crippen molar-refractivity contribution < 1.29 is 9.90 Å². The topological polar surface area (TPSA) is 75.4 Å². The number of amides is 1. The number of hydrogen-bond acceptors (Lipinski definition) is 3. The molecule has 0 bridgehead atoms. The molecule has 0 aliphatic heterocycles. The van der Waals surface area contributed by atoms with Gasteiger partial charge in [0.2, 0.25) is 5.91 Å². The molecular weight excluding hydrogens is 240 g/mol. The quantitative estimate of drug-likeness (QED) is 0.757. The van der Waals surface area contributed by atoms with Gasteiger partial charge < -0.3 is 16.2 Å². The smallest absolute Gasteiger partial charge is 0.237 e. The maximum Gasteiger partial charge on any atom is 0.237 e. The van der Waals surface area contributed by atoms with Crippen LogP contribution in [0.2, 0.25) is 0 Å². The van der Waals surface area contributed by atoms with E-state index < -0.39 is 6.04 Å². The molecule has 0 radical (unpaired) electrons. The van der Waals surface area contributed by atoms with Crippen molar-refractivity contribution >= 4 is 5.91 Å². The Morgan fingerprint density at radius 3 is 2.79 bits per heavy atom. The van der Waals surface area contributed by atoms with Crippen LogP contribution in [0.1, 0.15) is 31.2 Å². The van der Waals surface area contributed by atoms with Crippen LogP contribution < -0.4 is 11.1 Å². The summed E-state index contributed by atoms with van der Waals surface area (Å²) in [5, 5.41) is 12.5. The Morgan fingerprint density at radius 1 is 1.37 bits per heavy atom. The number of rotatable bonds is 4. The largest absolute Gasteiger partial charge is 0.393 e. The van der Waals surface area contributed by atoms with E-state index in [2.05, 4.69) is 5.32 Å². The summed E-state index contributed by atoms with van der Waals surface area (Å²) < 4.78 is 0. The number of hydrogen-bond donors (Lipinski definition) is 3. The molecule has 4 heteroatoms. The average molecular weight is 262 g/mol.